The number of anilines is 1. The summed E-state index contributed by atoms with van der Waals surface area (Å²) in [4.78, 5) is 18.6. The maximum Gasteiger partial charge on any atom is 0.251 e. The molecule has 2 heterocycles. The van der Waals surface area contributed by atoms with Crippen LogP contribution in [-0.2, 0) is 0 Å². The summed E-state index contributed by atoms with van der Waals surface area (Å²) in [6.45, 7) is 2.67. The number of carbonyl (C=O) groups excluding carboxylic acids is 1. The summed E-state index contributed by atoms with van der Waals surface area (Å²) >= 11 is 0. The summed E-state index contributed by atoms with van der Waals surface area (Å²) in [5.74, 6) is 0.384. The van der Waals surface area contributed by atoms with Gasteiger partial charge >= 0.3 is 0 Å². The van der Waals surface area contributed by atoms with Crippen LogP contribution in [0.4, 0.5) is 5.69 Å². The highest BCUT2D eigenvalue weighted by Gasteiger charge is 2.20. The first-order valence-corrected chi connectivity index (χ1v) is 8.19. The lowest BCUT2D eigenvalue weighted by molar-refractivity contribution is 0.0945. The fourth-order valence-corrected chi connectivity index (χ4v) is 3.02. The standard InChI is InChI=1S/C19H20N4O/c20-13-16-2-1-3-17(12-16)19(24)22-14-15-6-10-23(11-7-15)18-4-8-21-9-5-18/h1-5,8-9,12,15H,6-7,10-11,14H2,(H,22,24). The second kappa shape index (κ2) is 7.60. The third kappa shape index (κ3) is 3.90. The van der Waals surface area contributed by atoms with Crippen LogP contribution in [0.5, 0.6) is 0 Å². The number of hydrogen-bond donors (Lipinski definition) is 1. The van der Waals surface area contributed by atoms with E-state index in [4.69, 9.17) is 5.26 Å². The molecular formula is C19H20N4O. The van der Waals surface area contributed by atoms with Gasteiger partial charge in [-0.2, -0.15) is 5.26 Å². The third-order valence-electron chi connectivity index (χ3n) is 4.45. The zero-order chi connectivity index (χ0) is 16.8. The van der Waals surface area contributed by atoms with E-state index in [0.29, 0.717) is 23.6 Å². The molecule has 0 radical (unpaired) electrons. The zero-order valence-corrected chi connectivity index (χ0v) is 13.5. The van der Waals surface area contributed by atoms with Crippen molar-refractivity contribution < 1.29 is 4.79 Å². The average Bonchev–Trinajstić information content (AvgIpc) is 2.67. The van der Waals surface area contributed by atoms with Crippen LogP contribution in [-0.4, -0.2) is 30.5 Å². The quantitative estimate of drug-likeness (QED) is 0.940. The summed E-state index contributed by atoms with van der Waals surface area (Å²) < 4.78 is 0. The van der Waals surface area contributed by atoms with E-state index in [1.165, 1.54) is 5.69 Å². The highest BCUT2D eigenvalue weighted by molar-refractivity contribution is 5.94. The molecule has 0 unspecified atom stereocenters. The summed E-state index contributed by atoms with van der Waals surface area (Å²) in [5.41, 5.74) is 2.26. The van der Waals surface area contributed by atoms with Crippen molar-refractivity contribution in [3.8, 4) is 6.07 Å². The van der Waals surface area contributed by atoms with E-state index in [9.17, 15) is 4.79 Å². The van der Waals surface area contributed by atoms with Crippen molar-refractivity contribution in [3.05, 3.63) is 59.9 Å². The van der Waals surface area contributed by atoms with Crippen LogP contribution >= 0.6 is 0 Å². The van der Waals surface area contributed by atoms with Crippen molar-refractivity contribution in [2.24, 2.45) is 5.92 Å². The molecule has 24 heavy (non-hydrogen) atoms. The van der Waals surface area contributed by atoms with Crippen LogP contribution in [0.1, 0.15) is 28.8 Å². The molecule has 122 valence electrons. The molecule has 1 saturated heterocycles. The van der Waals surface area contributed by atoms with Gasteiger partial charge in [-0.15, -0.1) is 0 Å². The molecule has 1 aromatic carbocycles. The van der Waals surface area contributed by atoms with Crippen LogP contribution in [0.25, 0.3) is 0 Å². The number of carbonyl (C=O) groups is 1. The summed E-state index contributed by atoms with van der Waals surface area (Å²) in [6, 6.07) is 12.9. The van der Waals surface area contributed by atoms with Gasteiger partial charge in [0.15, 0.2) is 0 Å². The molecule has 5 nitrogen and oxygen atoms in total. The van der Waals surface area contributed by atoms with Gasteiger partial charge in [0.1, 0.15) is 0 Å². The van der Waals surface area contributed by atoms with E-state index in [1.54, 1.807) is 24.3 Å². The first-order chi connectivity index (χ1) is 11.8. The minimum Gasteiger partial charge on any atom is -0.371 e. The fraction of sp³-hybridized carbons (Fsp3) is 0.316. The average molecular weight is 320 g/mol. The Balaban J connectivity index is 1.48. The molecule has 2 aromatic rings. The SMILES string of the molecule is N#Cc1cccc(C(=O)NCC2CCN(c3ccncc3)CC2)c1. The maximum absolute atomic E-state index is 12.2. The van der Waals surface area contributed by atoms with Gasteiger partial charge in [0, 0.05) is 43.3 Å². The van der Waals surface area contributed by atoms with E-state index in [2.05, 4.69) is 21.3 Å². The van der Waals surface area contributed by atoms with Crippen LogP contribution in [0.15, 0.2) is 48.8 Å². The van der Waals surface area contributed by atoms with Gasteiger partial charge in [0.05, 0.1) is 11.6 Å². The van der Waals surface area contributed by atoms with Gasteiger partial charge in [-0.25, -0.2) is 0 Å². The molecule has 0 atom stereocenters. The monoisotopic (exact) mass is 320 g/mol. The lowest BCUT2D eigenvalue weighted by atomic mass is 9.96. The second-order valence-electron chi connectivity index (χ2n) is 6.04. The van der Waals surface area contributed by atoms with E-state index in [-0.39, 0.29) is 5.91 Å². The highest BCUT2D eigenvalue weighted by atomic mass is 16.1. The van der Waals surface area contributed by atoms with Gasteiger partial charge in [-0.05, 0) is 49.1 Å². The Morgan fingerprint density at radius 3 is 2.71 bits per heavy atom. The predicted molar refractivity (Wildman–Crippen MR) is 92.7 cm³/mol. The van der Waals surface area contributed by atoms with Gasteiger partial charge in [-0.3, -0.25) is 9.78 Å². The Hall–Kier alpha value is -2.87. The minimum absolute atomic E-state index is 0.108. The maximum atomic E-state index is 12.2. The van der Waals surface area contributed by atoms with Crippen molar-refractivity contribution in [1.82, 2.24) is 10.3 Å². The number of nitriles is 1. The molecule has 1 aliphatic heterocycles. The van der Waals surface area contributed by atoms with E-state index < -0.39 is 0 Å². The Bertz CT molecular complexity index is 731. The van der Waals surface area contributed by atoms with Crippen LogP contribution in [0.2, 0.25) is 0 Å². The number of rotatable bonds is 4. The highest BCUT2D eigenvalue weighted by Crippen LogP contribution is 2.22. The second-order valence-corrected chi connectivity index (χ2v) is 6.04. The molecule has 0 aliphatic carbocycles. The lowest BCUT2D eigenvalue weighted by Crippen LogP contribution is -2.38. The molecule has 5 heteroatoms. The molecule has 1 fully saturated rings. The first-order valence-electron chi connectivity index (χ1n) is 8.19. The number of hydrogen-bond acceptors (Lipinski definition) is 4. The summed E-state index contributed by atoms with van der Waals surface area (Å²) in [5, 5.41) is 11.9. The zero-order valence-electron chi connectivity index (χ0n) is 13.5. The predicted octanol–water partition coefficient (Wildman–Crippen LogP) is 2.60. The molecule has 0 bridgehead atoms. The summed E-state index contributed by atoms with van der Waals surface area (Å²) in [6.07, 6.45) is 5.75. The minimum atomic E-state index is -0.108. The number of piperidine rings is 1. The largest absolute Gasteiger partial charge is 0.371 e. The van der Waals surface area contributed by atoms with Gasteiger partial charge in [0.25, 0.3) is 5.91 Å². The molecule has 0 saturated carbocycles. The number of nitrogens with one attached hydrogen (secondary N) is 1. The number of pyridine rings is 1. The van der Waals surface area contributed by atoms with Crippen molar-refractivity contribution in [2.75, 3.05) is 24.5 Å². The van der Waals surface area contributed by atoms with Gasteiger partial charge in [-0.1, -0.05) is 6.07 Å². The third-order valence-corrected chi connectivity index (χ3v) is 4.45. The van der Waals surface area contributed by atoms with Crippen LogP contribution in [0, 0.1) is 17.2 Å². The van der Waals surface area contributed by atoms with Crippen LogP contribution < -0.4 is 10.2 Å². The Labute approximate surface area is 141 Å². The number of benzene rings is 1. The van der Waals surface area contributed by atoms with E-state index in [1.807, 2.05) is 24.5 Å². The fourth-order valence-electron chi connectivity index (χ4n) is 3.02. The lowest BCUT2D eigenvalue weighted by Gasteiger charge is -2.33. The Morgan fingerprint density at radius 1 is 1.25 bits per heavy atom. The van der Waals surface area contributed by atoms with Crippen molar-refractivity contribution in [1.29, 1.82) is 5.26 Å². The Kier molecular flexibility index (Phi) is 5.07. The molecule has 1 N–H and O–H groups in total. The number of amides is 1. The first kappa shape index (κ1) is 16.0. The van der Waals surface area contributed by atoms with Crippen molar-refractivity contribution >= 4 is 11.6 Å². The molecule has 3 rings (SSSR count). The normalized spacial score (nSPS) is 14.9. The van der Waals surface area contributed by atoms with E-state index >= 15 is 0 Å². The van der Waals surface area contributed by atoms with Crippen LogP contribution in [0.3, 0.4) is 0 Å². The molecule has 1 amide bonds. The molecule has 0 spiro atoms. The number of nitrogens with zero attached hydrogens (tertiary/aromatic N) is 3. The number of aromatic nitrogens is 1. The molecule has 1 aliphatic rings. The van der Waals surface area contributed by atoms with E-state index in [0.717, 1.165) is 25.9 Å². The summed E-state index contributed by atoms with van der Waals surface area (Å²) in [7, 11) is 0. The smallest absolute Gasteiger partial charge is 0.251 e. The topological polar surface area (TPSA) is 69.0 Å². The van der Waals surface area contributed by atoms with Gasteiger partial charge in [0.2, 0.25) is 0 Å². The van der Waals surface area contributed by atoms with Crippen molar-refractivity contribution in [3.63, 3.8) is 0 Å². The Morgan fingerprint density at radius 2 is 2.00 bits per heavy atom. The van der Waals surface area contributed by atoms with Crippen molar-refractivity contribution in [2.45, 2.75) is 12.8 Å². The molecule has 1 aromatic heterocycles. The van der Waals surface area contributed by atoms with Gasteiger partial charge < -0.3 is 10.2 Å². The molecular weight excluding hydrogens is 300 g/mol.